The van der Waals surface area contributed by atoms with Crippen molar-refractivity contribution >= 4 is 33.2 Å². The zero-order valence-electron chi connectivity index (χ0n) is 13.5. The third kappa shape index (κ3) is 4.88. The lowest BCUT2D eigenvalue weighted by Crippen LogP contribution is -2.37. The average Bonchev–Trinajstić information content (AvgIpc) is 2.41. The molecule has 0 heterocycles. The van der Waals surface area contributed by atoms with E-state index in [-0.39, 0.29) is 18.9 Å². The minimum atomic E-state index is -3.47. The molecule has 1 amide bonds. The van der Waals surface area contributed by atoms with Gasteiger partial charge in [-0.25, -0.2) is 8.42 Å². The van der Waals surface area contributed by atoms with Crippen LogP contribution in [0.15, 0.2) is 18.2 Å². The molecule has 0 radical (unpaired) electrons. The number of sulfonamides is 1. The van der Waals surface area contributed by atoms with Crippen molar-refractivity contribution in [2.45, 2.75) is 27.2 Å². The van der Waals surface area contributed by atoms with Gasteiger partial charge in [-0.05, 0) is 44.5 Å². The third-order valence-corrected chi connectivity index (χ3v) is 4.89. The first kappa shape index (κ1) is 18.8. The Bertz CT molecular complexity index is 628. The van der Waals surface area contributed by atoms with E-state index in [1.165, 1.54) is 4.31 Å². The van der Waals surface area contributed by atoms with E-state index in [1.54, 1.807) is 30.0 Å². The van der Waals surface area contributed by atoms with Gasteiger partial charge in [0.05, 0.1) is 11.9 Å². The molecule has 0 fully saturated rings. The third-order valence-electron chi connectivity index (χ3n) is 3.47. The lowest BCUT2D eigenvalue weighted by Gasteiger charge is -2.26. The Labute approximate surface area is 137 Å². The fourth-order valence-electron chi connectivity index (χ4n) is 2.30. The number of rotatable bonds is 7. The van der Waals surface area contributed by atoms with E-state index in [0.717, 1.165) is 11.8 Å². The zero-order chi connectivity index (χ0) is 16.9. The summed E-state index contributed by atoms with van der Waals surface area (Å²) in [6.45, 7) is 6.96. The molecular formula is C15H23ClN2O3S. The summed E-state index contributed by atoms with van der Waals surface area (Å²) >= 11 is 5.91. The number of hydrogen-bond donors (Lipinski definition) is 0. The highest BCUT2D eigenvalue weighted by Crippen LogP contribution is 2.25. The average molecular weight is 347 g/mol. The second-order valence-corrected chi connectivity index (χ2v) is 7.43. The van der Waals surface area contributed by atoms with E-state index in [2.05, 4.69) is 0 Å². The molecule has 0 aromatic heterocycles. The second kappa shape index (κ2) is 7.83. The molecule has 0 aliphatic rings. The van der Waals surface area contributed by atoms with Gasteiger partial charge in [0, 0.05) is 31.1 Å². The molecule has 1 rings (SSSR count). The highest BCUT2D eigenvalue weighted by Gasteiger charge is 2.21. The van der Waals surface area contributed by atoms with Crippen molar-refractivity contribution in [1.82, 2.24) is 4.90 Å². The van der Waals surface area contributed by atoms with E-state index in [0.29, 0.717) is 23.8 Å². The van der Waals surface area contributed by atoms with Crippen LogP contribution in [0.3, 0.4) is 0 Å². The number of halogens is 1. The van der Waals surface area contributed by atoms with E-state index in [9.17, 15) is 13.2 Å². The van der Waals surface area contributed by atoms with Crippen molar-refractivity contribution in [3.63, 3.8) is 0 Å². The van der Waals surface area contributed by atoms with Gasteiger partial charge in [-0.2, -0.15) is 0 Å². The number of amides is 1. The van der Waals surface area contributed by atoms with Gasteiger partial charge >= 0.3 is 0 Å². The first-order valence-corrected chi connectivity index (χ1v) is 9.45. The van der Waals surface area contributed by atoms with Crippen molar-refractivity contribution < 1.29 is 13.2 Å². The van der Waals surface area contributed by atoms with E-state index < -0.39 is 10.0 Å². The monoisotopic (exact) mass is 346 g/mol. The Hall–Kier alpha value is -1.27. The predicted octanol–water partition coefficient (Wildman–Crippen LogP) is 2.67. The maximum atomic E-state index is 12.1. The van der Waals surface area contributed by atoms with Gasteiger partial charge in [-0.15, -0.1) is 0 Å². The number of hydrogen-bond acceptors (Lipinski definition) is 3. The number of carbonyl (C=O) groups excluding carboxylic acids is 1. The SMILES string of the molecule is CCN(CC)C(=O)CCN(c1ccc(Cl)cc1C)S(C)(=O)=O. The summed E-state index contributed by atoms with van der Waals surface area (Å²) in [4.78, 5) is 13.8. The van der Waals surface area contributed by atoms with Crippen LogP contribution in [0.5, 0.6) is 0 Å². The molecule has 0 spiro atoms. The summed E-state index contributed by atoms with van der Waals surface area (Å²) in [5, 5.41) is 0.550. The maximum absolute atomic E-state index is 12.1. The van der Waals surface area contributed by atoms with Gasteiger partial charge in [0.1, 0.15) is 0 Å². The summed E-state index contributed by atoms with van der Waals surface area (Å²) in [6, 6.07) is 5.02. The molecule has 1 aromatic carbocycles. The smallest absolute Gasteiger partial charge is 0.232 e. The molecule has 1 aromatic rings. The Morgan fingerprint density at radius 2 is 1.82 bits per heavy atom. The minimum absolute atomic E-state index is 0.0507. The normalized spacial score (nSPS) is 11.3. The maximum Gasteiger partial charge on any atom is 0.232 e. The molecule has 5 nitrogen and oxygen atoms in total. The fraction of sp³-hybridized carbons (Fsp3) is 0.533. The van der Waals surface area contributed by atoms with Gasteiger partial charge in [0.2, 0.25) is 15.9 Å². The number of benzene rings is 1. The Morgan fingerprint density at radius 1 is 1.23 bits per heavy atom. The molecule has 0 unspecified atom stereocenters. The van der Waals surface area contributed by atoms with E-state index in [1.807, 2.05) is 13.8 Å². The van der Waals surface area contributed by atoms with Gasteiger partial charge < -0.3 is 4.90 Å². The van der Waals surface area contributed by atoms with Gasteiger partial charge in [-0.1, -0.05) is 11.6 Å². The molecule has 0 saturated heterocycles. The van der Waals surface area contributed by atoms with Crippen molar-refractivity contribution in [1.29, 1.82) is 0 Å². The minimum Gasteiger partial charge on any atom is -0.343 e. The molecule has 0 N–H and O–H groups in total. The summed E-state index contributed by atoms with van der Waals surface area (Å²) in [5.74, 6) is -0.0507. The number of carbonyl (C=O) groups is 1. The van der Waals surface area contributed by atoms with Crippen LogP contribution in [0.2, 0.25) is 5.02 Å². The van der Waals surface area contributed by atoms with Crippen molar-refractivity contribution in [3.05, 3.63) is 28.8 Å². The highest BCUT2D eigenvalue weighted by molar-refractivity contribution is 7.92. The van der Waals surface area contributed by atoms with Crippen LogP contribution in [0.25, 0.3) is 0 Å². The van der Waals surface area contributed by atoms with Gasteiger partial charge in [0.15, 0.2) is 0 Å². The molecule has 124 valence electrons. The summed E-state index contributed by atoms with van der Waals surface area (Å²) < 4.78 is 25.4. The molecular weight excluding hydrogens is 324 g/mol. The Balaban J connectivity index is 2.99. The molecule has 0 bridgehead atoms. The molecule has 0 saturated carbocycles. The molecule has 0 aliphatic carbocycles. The van der Waals surface area contributed by atoms with Crippen LogP contribution in [-0.2, 0) is 14.8 Å². The van der Waals surface area contributed by atoms with Crippen LogP contribution in [-0.4, -0.2) is 45.1 Å². The predicted molar refractivity (Wildman–Crippen MR) is 90.9 cm³/mol. The standard InChI is InChI=1S/C15H23ClN2O3S/c1-5-17(6-2)15(19)9-10-18(22(4,20)21)14-8-7-13(16)11-12(14)3/h7-8,11H,5-6,9-10H2,1-4H3. The highest BCUT2D eigenvalue weighted by atomic mass is 35.5. The van der Waals surface area contributed by atoms with E-state index in [4.69, 9.17) is 11.6 Å². The topological polar surface area (TPSA) is 57.7 Å². The summed E-state index contributed by atoms with van der Waals surface area (Å²) in [6.07, 6.45) is 1.29. The molecule has 0 atom stereocenters. The van der Waals surface area contributed by atoms with E-state index >= 15 is 0 Å². The molecule has 7 heteroatoms. The van der Waals surface area contributed by atoms with Crippen LogP contribution >= 0.6 is 11.6 Å². The summed E-state index contributed by atoms with van der Waals surface area (Å²) in [5.41, 5.74) is 1.31. The quantitative estimate of drug-likeness (QED) is 0.762. The molecule has 22 heavy (non-hydrogen) atoms. The van der Waals surface area contributed by atoms with Crippen LogP contribution in [0.4, 0.5) is 5.69 Å². The lowest BCUT2D eigenvalue weighted by molar-refractivity contribution is -0.130. The van der Waals surface area contributed by atoms with Crippen LogP contribution in [0.1, 0.15) is 25.8 Å². The zero-order valence-corrected chi connectivity index (χ0v) is 15.0. The lowest BCUT2D eigenvalue weighted by atomic mass is 10.2. The second-order valence-electron chi connectivity index (χ2n) is 5.08. The fourth-order valence-corrected chi connectivity index (χ4v) is 3.51. The Morgan fingerprint density at radius 3 is 2.27 bits per heavy atom. The van der Waals surface area contributed by atoms with Crippen molar-refractivity contribution in [2.75, 3.05) is 30.2 Å². The Kier molecular flexibility index (Phi) is 6.68. The van der Waals surface area contributed by atoms with Crippen LogP contribution < -0.4 is 4.31 Å². The summed E-state index contributed by atoms with van der Waals surface area (Å²) in [7, 11) is -3.47. The van der Waals surface area contributed by atoms with Crippen LogP contribution in [0, 0.1) is 6.92 Å². The van der Waals surface area contributed by atoms with Gasteiger partial charge in [-0.3, -0.25) is 9.10 Å². The number of nitrogens with zero attached hydrogens (tertiary/aromatic N) is 2. The van der Waals surface area contributed by atoms with Crippen molar-refractivity contribution in [2.24, 2.45) is 0 Å². The van der Waals surface area contributed by atoms with Gasteiger partial charge in [0.25, 0.3) is 0 Å². The van der Waals surface area contributed by atoms with Crippen molar-refractivity contribution in [3.8, 4) is 0 Å². The largest absolute Gasteiger partial charge is 0.343 e. The first-order valence-electron chi connectivity index (χ1n) is 7.22. The molecule has 0 aliphatic heterocycles. The number of aryl methyl sites for hydroxylation is 1. The number of anilines is 1. The first-order chi connectivity index (χ1) is 10.2.